The fraction of sp³-hybridized carbons (Fsp3) is 0.286. The Morgan fingerprint density at radius 1 is 1.42 bits per heavy atom. The average Bonchev–Trinajstić information content (AvgIpc) is 2.91. The smallest absolute Gasteiger partial charge is 0.251 e. The summed E-state index contributed by atoms with van der Waals surface area (Å²) in [5, 5.41) is 6.10. The summed E-state index contributed by atoms with van der Waals surface area (Å²) in [6, 6.07) is 5.65. The Kier molecular flexibility index (Phi) is 4.18. The lowest BCUT2D eigenvalue weighted by molar-refractivity contribution is 0.0956. The Bertz CT molecular complexity index is 549. The molecule has 5 nitrogen and oxygen atoms in total. The highest BCUT2D eigenvalue weighted by Gasteiger charge is 2.07. The fourth-order valence-electron chi connectivity index (χ4n) is 1.79. The highest BCUT2D eigenvalue weighted by Crippen LogP contribution is 2.17. The molecule has 1 amide bonds. The van der Waals surface area contributed by atoms with Gasteiger partial charge in [0.05, 0.1) is 18.6 Å². The molecule has 0 aliphatic rings. The first-order chi connectivity index (χ1) is 9.20. The molecule has 0 bridgehead atoms. The molecule has 0 radical (unpaired) electrons. The van der Waals surface area contributed by atoms with Crippen LogP contribution in [0.2, 0.25) is 0 Å². The van der Waals surface area contributed by atoms with Gasteiger partial charge in [0.25, 0.3) is 5.91 Å². The van der Waals surface area contributed by atoms with Gasteiger partial charge in [0, 0.05) is 24.0 Å². The second-order valence-electron chi connectivity index (χ2n) is 4.32. The van der Waals surface area contributed by atoms with E-state index in [1.165, 1.54) is 0 Å². The second-order valence-corrected chi connectivity index (χ2v) is 4.32. The van der Waals surface area contributed by atoms with Crippen molar-refractivity contribution in [1.29, 1.82) is 0 Å². The quantitative estimate of drug-likeness (QED) is 0.769. The van der Waals surface area contributed by atoms with Crippen LogP contribution in [-0.2, 0) is 6.54 Å². The Labute approximate surface area is 112 Å². The number of aryl methyl sites for hydroxylation is 1. The lowest BCUT2D eigenvalue weighted by Crippen LogP contribution is -2.22. The molecule has 1 aromatic heterocycles. The molecule has 0 atom stereocenters. The predicted octanol–water partition coefficient (Wildman–Crippen LogP) is 2.08. The van der Waals surface area contributed by atoms with Crippen LogP contribution < -0.4 is 10.6 Å². The molecule has 19 heavy (non-hydrogen) atoms. The van der Waals surface area contributed by atoms with Gasteiger partial charge in [-0.25, -0.2) is 4.98 Å². The number of rotatable bonds is 5. The summed E-state index contributed by atoms with van der Waals surface area (Å²) in [4.78, 5) is 18.8. The minimum Gasteiger partial charge on any atom is -0.379 e. The Morgan fingerprint density at radius 2 is 2.26 bits per heavy atom. The van der Waals surface area contributed by atoms with Crippen molar-refractivity contribution in [3.63, 3.8) is 0 Å². The molecule has 0 fully saturated rings. The van der Waals surface area contributed by atoms with Gasteiger partial charge >= 0.3 is 0 Å². The van der Waals surface area contributed by atoms with Gasteiger partial charge < -0.3 is 15.6 Å². The molecule has 0 unspecified atom stereocenters. The molecule has 0 spiro atoms. The summed E-state index contributed by atoms with van der Waals surface area (Å²) in [7, 11) is 0. The van der Waals surface area contributed by atoms with Crippen molar-refractivity contribution in [1.82, 2.24) is 15.3 Å². The van der Waals surface area contributed by atoms with E-state index >= 15 is 0 Å². The van der Waals surface area contributed by atoms with Crippen LogP contribution in [0.5, 0.6) is 0 Å². The third kappa shape index (κ3) is 3.34. The maximum absolute atomic E-state index is 11.8. The standard InChI is InChI=1S/C14H18N4O/c1-3-16-14(19)11-5-4-10(2)13(6-11)17-8-12-7-15-9-18-12/h4-7,9,17H,3,8H2,1-2H3,(H,15,18)(H,16,19). The van der Waals surface area contributed by atoms with Crippen molar-refractivity contribution < 1.29 is 4.79 Å². The number of hydrogen-bond donors (Lipinski definition) is 3. The largest absolute Gasteiger partial charge is 0.379 e. The topological polar surface area (TPSA) is 69.8 Å². The minimum atomic E-state index is -0.0490. The molecule has 2 rings (SSSR count). The molecule has 1 aromatic carbocycles. The number of benzene rings is 1. The van der Waals surface area contributed by atoms with Crippen LogP contribution in [0, 0.1) is 6.92 Å². The van der Waals surface area contributed by atoms with Crippen molar-refractivity contribution in [3.05, 3.63) is 47.5 Å². The Balaban J connectivity index is 2.10. The first kappa shape index (κ1) is 13.1. The van der Waals surface area contributed by atoms with Crippen molar-refractivity contribution in [2.75, 3.05) is 11.9 Å². The highest BCUT2D eigenvalue weighted by molar-refractivity contribution is 5.95. The number of aromatic amines is 1. The third-order valence-corrected chi connectivity index (χ3v) is 2.86. The van der Waals surface area contributed by atoms with Crippen molar-refractivity contribution in [2.24, 2.45) is 0 Å². The lowest BCUT2D eigenvalue weighted by Gasteiger charge is -2.10. The van der Waals surface area contributed by atoms with E-state index in [-0.39, 0.29) is 5.91 Å². The lowest BCUT2D eigenvalue weighted by atomic mass is 10.1. The summed E-state index contributed by atoms with van der Waals surface area (Å²) < 4.78 is 0. The molecule has 0 saturated heterocycles. The molecule has 2 aromatic rings. The van der Waals surface area contributed by atoms with Gasteiger partial charge in [0.15, 0.2) is 0 Å². The molecule has 0 aliphatic heterocycles. The zero-order chi connectivity index (χ0) is 13.7. The molecular formula is C14H18N4O. The Morgan fingerprint density at radius 3 is 2.95 bits per heavy atom. The van der Waals surface area contributed by atoms with Gasteiger partial charge in [0.2, 0.25) is 0 Å². The van der Waals surface area contributed by atoms with Gasteiger partial charge in [0.1, 0.15) is 0 Å². The van der Waals surface area contributed by atoms with Gasteiger partial charge in [-0.2, -0.15) is 0 Å². The van der Waals surface area contributed by atoms with Crippen molar-refractivity contribution in [3.8, 4) is 0 Å². The second kappa shape index (κ2) is 6.04. The van der Waals surface area contributed by atoms with E-state index in [1.807, 2.05) is 32.0 Å². The fourth-order valence-corrected chi connectivity index (χ4v) is 1.79. The van der Waals surface area contributed by atoms with Crippen LogP contribution >= 0.6 is 0 Å². The van der Waals surface area contributed by atoms with Crippen LogP contribution in [0.15, 0.2) is 30.7 Å². The number of imidazole rings is 1. The van der Waals surface area contributed by atoms with E-state index in [1.54, 1.807) is 12.5 Å². The van der Waals surface area contributed by atoms with Gasteiger partial charge in [-0.3, -0.25) is 4.79 Å². The van der Waals surface area contributed by atoms with Crippen LogP contribution in [0.4, 0.5) is 5.69 Å². The molecule has 0 saturated carbocycles. The van der Waals surface area contributed by atoms with E-state index in [0.717, 1.165) is 16.9 Å². The minimum absolute atomic E-state index is 0.0490. The first-order valence-electron chi connectivity index (χ1n) is 6.30. The van der Waals surface area contributed by atoms with E-state index < -0.39 is 0 Å². The van der Waals surface area contributed by atoms with Gasteiger partial charge in [-0.15, -0.1) is 0 Å². The molecular weight excluding hydrogens is 240 g/mol. The number of carbonyl (C=O) groups is 1. The van der Waals surface area contributed by atoms with Gasteiger partial charge in [-0.05, 0) is 31.5 Å². The van der Waals surface area contributed by atoms with Crippen molar-refractivity contribution >= 4 is 11.6 Å². The number of aromatic nitrogens is 2. The molecule has 0 aliphatic carbocycles. The van der Waals surface area contributed by atoms with Crippen LogP contribution in [0.3, 0.4) is 0 Å². The monoisotopic (exact) mass is 258 g/mol. The van der Waals surface area contributed by atoms with E-state index in [0.29, 0.717) is 18.7 Å². The third-order valence-electron chi connectivity index (χ3n) is 2.86. The SMILES string of the molecule is CCNC(=O)c1ccc(C)c(NCc2cnc[nH]2)c1. The molecule has 5 heteroatoms. The summed E-state index contributed by atoms with van der Waals surface area (Å²) >= 11 is 0. The van der Waals surface area contributed by atoms with E-state index in [9.17, 15) is 4.79 Å². The maximum atomic E-state index is 11.8. The summed E-state index contributed by atoms with van der Waals surface area (Å²) in [6.45, 7) is 5.20. The number of anilines is 1. The number of nitrogens with one attached hydrogen (secondary N) is 3. The van der Waals surface area contributed by atoms with Gasteiger partial charge in [-0.1, -0.05) is 6.07 Å². The number of H-pyrrole nitrogens is 1. The van der Waals surface area contributed by atoms with Crippen molar-refractivity contribution in [2.45, 2.75) is 20.4 Å². The van der Waals surface area contributed by atoms with E-state index in [4.69, 9.17) is 0 Å². The zero-order valence-corrected chi connectivity index (χ0v) is 11.2. The number of carbonyl (C=O) groups excluding carboxylic acids is 1. The first-order valence-corrected chi connectivity index (χ1v) is 6.30. The molecule has 3 N–H and O–H groups in total. The highest BCUT2D eigenvalue weighted by atomic mass is 16.1. The number of amides is 1. The number of nitrogens with zero attached hydrogens (tertiary/aromatic N) is 1. The van der Waals surface area contributed by atoms with Crippen LogP contribution in [0.25, 0.3) is 0 Å². The predicted molar refractivity (Wildman–Crippen MR) is 75.1 cm³/mol. The zero-order valence-electron chi connectivity index (χ0n) is 11.2. The summed E-state index contributed by atoms with van der Waals surface area (Å²) in [5.41, 5.74) is 3.73. The average molecular weight is 258 g/mol. The van der Waals surface area contributed by atoms with Crippen LogP contribution in [-0.4, -0.2) is 22.4 Å². The Hall–Kier alpha value is -2.30. The molecule has 100 valence electrons. The number of hydrogen-bond acceptors (Lipinski definition) is 3. The van der Waals surface area contributed by atoms with E-state index in [2.05, 4.69) is 20.6 Å². The summed E-state index contributed by atoms with van der Waals surface area (Å²) in [6.07, 6.45) is 3.42. The summed E-state index contributed by atoms with van der Waals surface area (Å²) in [5.74, 6) is -0.0490. The normalized spacial score (nSPS) is 10.2. The molecule has 1 heterocycles. The maximum Gasteiger partial charge on any atom is 0.251 e. The van der Waals surface area contributed by atoms with Crippen LogP contribution in [0.1, 0.15) is 28.5 Å².